The van der Waals surface area contributed by atoms with E-state index in [1.165, 1.54) is 0 Å². The summed E-state index contributed by atoms with van der Waals surface area (Å²) in [5.74, 6) is -0.0426. The summed E-state index contributed by atoms with van der Waals surface area (Å²) >= 11 is 6.04. The minimum Gasteiger partial charge on any atom is -0.323 e. The third kappa shape index (κ3) is 4.23. The Hall–Kier alpha value is -2.17. The number of halogens is 1. The average molecular weight is 496 g/mol. The third-order valence-corrected chi connectivity index (χ3v) is 9.81. The molecule has 2 aromatic rings. The second-order valence-corrected chi connectivity index (χ2v) is 12.9. The first kappa shape index (κ1) is 27.4. The van der Waals surface area contributed by atoms with Gasteiger partial charge in [-0.1, -0.05) is 63.6 Å². The lowest BCUT2D eigenvalue weighted by Crippen LogP contribution is -2.65. The second-order valence-electron chi connectivity index (χ2n) is 12.4. The lowest BCUT2D eigenvalue weighted by Gasteiger charge is -2.52. The minimum atomic E-state index is -0.764. The Labute approximate surface area is 217 Å². The highest BCUT2D eigenvalue weighted by molar-refractivity contribution is 6.30. The molecule has 5 heteroatoms. The van der Waals surface area contributed by atoms with Gasteiger partial charge in [-0.2, -0.15) is 0 Å². The molecule has 1 heterocycles. The van der Waals surface area contributed by atoms with Crippen LogP contribution in [-0.4, -0.2) is 33.1 Å². The lowest BCUT2D eigenvalue weighted by atomic mass is 9.57. The van der Waals surface area contributed by atoms with Gasteiger partial charge in [0.25, 0.3) is 0 Å². The smallest absolute Gasteiger partial charge is 0.244 e. The standard InChI is InChI=1S/C30H42ClN3O/c1-20(21-16-18-22(31)19-17-21)32-23-14-12-13-15-24(23)33-25(35)26(2,3)34-29(8,9)27(4,5)28(6,7)30(34,10)11/h12-19H,1-11H3,(H,33,35). The van der Waals surface area contributed by atoms with Crippen molar-refractivity contribution in [2.45, 2.75) is 92.8 Å². The maximum absolute atomic E-state index is 13.9. The van der Waals surface area contributed by atoms with Gasteiger partial charge in [0, 0.05) is 21.8 Å². The van der Waals surface area contributed by atoms with Gasteiger partial charge < -0.3 is 5.32 Å². The van der Waals surface area contributed by atoms with Crippen LogP contribution in [0.5, 0.6) is 0 Å². The molecule has 0 aliphatic carbocycles. The van der Waals surface area contributed by atoms with E-state index in [9.17, 15) is 4.79 Å². The Kier molecular flexibility index (Phi) is 6.85. The van der Waals surface area contributed by atoms with Crippen molar-refractivity contribution >= 4 is 34.6 Å². The number of likely N-dealkylation sites (tertiary alicyclic amines) is 1. The number of amides is 1. The summed E-state index contributed by atoms with van der Waals surface area (Å²) in [7, 11) is 0. The van der Waals surface area contributed by atoms with Crippen molar-refractivity contribution < 1.29 is 4.79 Å². The number of carbonyl (C=O) groups excluding carboxylic acids is 1. The Balaban J connectivity index is 1.97. The molecule has 1 N–H and O–H groups in total. The summed E-state index contributed by atoms with van der Waals surface area (Å²) in [6, 6.07) is 15.3. The van der Waals surface area contributed by atoms with Gasteiger partial charge in [-0.05, 0) is 89.1 Å². The topological polar surface area (TPSA) is 44.7 Å². The van der Waals surface area contributed by atoms with Gasteiger partial charge in [-0.25, -0.2) is 0 Å². The number of rotatable bonds is 5. The maximum atomic E-state index is 13.9. The van der Waals surface area contributed by atoms with Crippen LogP contribution in [0.1, 0.15) is 81.7 Å². The van der Waals surface area contributed by atoms with Crippen LogP contribution in [-0.2, 0) is 4.79 Å². The van der Waals surface area contributed by atoms with Crippen LogP contribution >= 0.6 is 11.6 Å². The zero-order valence-electron chi connectivity index (χ0n) is 23.3. The first-order chi connectivity index (χ1) is 15.9. The van der Waals surface area contributed by atoms with Gasteiger partial charge in [0.2, 0.25) is 5.91 Å². The number of aliphatic imine (C=N–C) groups is 1. The van der Waals surface area contributed by atoms with E-state index in [1.807, 2.05) is 69.3 Å². The van der Waals surface area contributed by atoms with E-state index in [0.717, 1.165) is 17.0 Å². The van der Waals surface area contributed by atoms with Crippen molar-refractivity contribution in [3.8, 4) is 0 Å². The van der Waals surface area contributed by atoms with Gasteiger partial charge in [0.15, 0.2) is 0 Å². The van der Waals surface area contributed by atoms with Crippen LogP contribution in [0.3, 0.4) is 0 Å². The molecular formula is C30H42ClN3O. The molecule has 1 aliphatic heterocycles. The highest BCUT2D eigenvalue weighted by atomic mass is 35.5. The number of anilines is 1. The molecule has 0 radical (unpaired) electrons. The van der Waals surface area contributed by atoms with Crippen molar-refractivity contribution in [3.63, 3.8) is 0 Å². The van der Waals surface area contributed by atoms with Crippen molar-refractivity contribution in [1.82, 2.24) is 4.90 Å². The maximum Gasteiger partial charge on any atom is 0.244 e. The first-order valence-electron chi connectivity index (χ1n) is 12.4. The van der Waals surface area contributed by atoms with E-state index >= 15 is 0 Å². The van der Waals surface area contributed by atoms with Crippen molar-refractivity contribution in [2.75, 3.05) is 5.32 Å². The number of benzene rings is 2. The van der Waals surface area contributed by atoms with Crippen LogP contribution in [0.25, 0.3) is 0 Å². The van der Waals surface area contributed by atoms with Gasteiger partial charge in [-0.15, -0.1) is 0 Å². The van der Waals surface area contributed by atoms with Crippen LogP contribution in [0.2, 0.25) is 5.02 Å². The third-order valence-electron chi connectivity index (χ3n) is 9.56. The van der Waals surface area contributed by atoms with Crippen molar-refractivity contribution in [1.29, 1.82) is 0 Å². The summed E-state index contributed by atoms with van der Waals surface area (Å²) in [6.07, 6.45) is 0. The molecule has 3 rings (SSSR count). The molecule has 1 saturated heterocycles. The van der Waals surface area contributed by atoms with Crippen molar-refractivity contribution in [3.05, 3.63) is 59.1 Å². The summed E-state index contributed by atoms with van der Waals surface area (Å²) in [4.78, 5) is 21.2. The van der Waals surface area contributed by atoms with Crippen LogP contribution in [0, 0.1) is 10.8 Å². The molecule has 4 nitrogen and oxygen atoms in total. The van der Waals surface area contributed by atoms with E-state index in [1.54, 1.807) is 0 Å². The Morgan fingerprint density at radius 1 is 0.857 bits per heavy atom. The van der Waals surface area contributed by atoms with Gasteiger partial charge in [-0.3, -0.25) is 14.7 Å². The molecule has 0 saturated carbocycles. The Morgan fingerprint density at radius 2 is 1.34 bits per heavy atom. The van der Waals surface area contributed by atoms with Gasteiger partial charge >= 0.3 is 0 Å². The zero-order chi connectivity index (χ0) is 26.6. The van der Waals surface area contributed by atoms with Gasteiger partial charge in [0.1, 0.15) is 0 Å². The lowest BCUT2D eigenvalue weighted by molar-refractivity contribution is -0.135. The molecule has 0 atom stereocenters. The fraction of sp³-hybridized carbons (Fsp3) is 0.533. The first-order valence-corrected chi connectivity index (χ1v) is 12.8. The molecule has 1 amide bonds. The summed E-state index contributed by atoms with van der Waals surface area (Å²) < 4.78 is 0. The van der Waals surface area contributed by atoms with E-state index in [4.69, 9.17) is 16.6 Å². The molecular weight excluding hydrogens is 454 g/mol. The number of nitrogens with one attached hydrogen (secondary N) is 1. The molecule has 2 aromatic carbocycles. The quantitative estimate of drug-likeness (QED) is 0.425. The minimum absolute atomic E-state index is 0.0288. The van der Waals surface area contributed by atoms with E-state index < -0.39 is 5.54 Å². The molecule has 0 unspecified atom stereocenters. The molecule has 0 aromatic heterocycles. The van der Waals surface area contributed by atoms with E-state index in [2.05, 4.69) is 65.6 Å². The highest BCUT2D eigenvalue weighted by Crippen LogP contribution is 2.65. The summed E-state index contributed by atoms with van der Waals surface area (Å²) in [5, 5.41) is 3.91. The molecule has 0 bridgehead atoms. The SMILES string of the molecule is CC(=Nc1ccccc1NC(=O)C(C)(C)N1C(C)(C)C(C)(C)C(C)(C)C1(C)C)c1ccc(Cl)cc1. The fourth-order valence-corrected chi connectivity index (χ4v) is 6.30. The van der Waals surface area contributed by atoms with Gasteiger partial charge in [0.05, 0.1) is 16.9 Å². The predicted molar refractivity (Wildman–Crippen MR) is 150 cm³/mol. The highest BCUT2D eigenvalue weighted by Gasteiger charge is 2.70. The molecule has 1 fully saturated rings. The fourth-order valence-electron chi connectivity index (χ4n) is 6.17. The Morgan fingerprint density at radius 3 is 1.86 bits per heavy atom. The molecule has 1 aliphatic rings. The number of nitrogens with zero attached hydrogens (tertiary/aromatic N) is 2. The normalized spacial score (nSPS) is 21.1. The monoisotopic (exact) mass is 495 g/mol. The molecule has 35 heavy (non-hydrogen) atoms. The number of para-hydroxylation sites is 2. The Bertz CT molecular complexity index is 1110. The van der Waals surface area contributed by atoms with E-state index in [0.29, 0.717) is 10.7 Å². The second kappa shape index (κ2) is 8.74. The van der Waals surface area contributed by atoms with E-state index in [-0.39, 0.29) is 27.8 Å². The molecule has 190 valence electrons. The van der Waals surface area contributed by atoms with Crippen molar-refractivity contribution in [2.24, 2.45) is 15.8 Å². The zero-order valence-corrected chi connectivity index (χ0v) is 24.1. The summed E-state index contributed by atoms with van der Waals surface area (Å²) in [6.45, 7) is 24.4. The summed E-state index contributed by atoms with van der Waals surface area (Å²) in [5.41, 5.74) is 2.01. The van der Waals surface area contributed by atoms with Crippen LogP contribution in [0.15, 0.2) is 53.5 Å². The predicted octanol–water partition coefficient (Wildman–Crippen LogP) is 8.12. The largest absolute Gasteiger partial charge is 0.323 e. The number of carbonyl (C=O) groups is 1. The molecule has 0 spiro atoms. The van der Waals surface area contributed by atoms with Crippen LogP contribution < -0.4 is 5.32 Å². The number of hydrogen-bond acceptors (Lipinski definition) is 3. The average Bonchev–Trinajstić information content (AvgIpc) is 2.81. The number of hydrogen-bond donors (Lipinski definition) is 1. The van der Waals surface area contributed by atoms with Crippen LogP contribution in [0.4, 0.5) is 11.4 Å².